The normalized spacial score (nSPS) is 21.4. The standard InChI is InChI=1S/C16H21FN2O3/c1-2-3-12-8-11(6-7-22-12)16(21)19-14-5-4-10(15(18)20)9-13(14)17/h4-5,9,11-12H,2-3,6-8H2,1H3,(H2,18,20)(H,19,21)/t11-,12+/m1/s1. The Kier molecular flexibility index (Phi) is 5.49. The van der Waals surface area contributed by atoms with Crippen LogP contribution in [-0.2, 0) is 9.53 Å². The first kappa shape index (κ1) is 16.4. The van der Waals surface area contributed by atoms with Crippen molar-refractivity contribution in [1.82, 2.24) is 0 Å². The molecule has 1 fully saturated rings. The molecule has 1 saturated heterocycles. The van der Waals surface area contributed by atoms with Gasteiger partial charge < -0.3 is 15.8 Å². The van der Waals surface area contributed by atoms with Crippen LogP contribution in [0, 0.1) is 11.7 Å². The summed E-state index contributed by atoms with van der Waals surface area (Å²) in [6.45, 7) is 2.62. The van der Waals surface area contributed by atoms with Crippen LogP contribution in [-0.4, -0.2) is 24.5 Å². The van der Waals surface area contributed by atoms with E-state index in [1.807, 2.05) is 0 Å². The Bertz CT molecular complexity index is 560. The zero-order valence-corrected chi connectivity index (χ0v) is 12.6. The topological polar surface area (TPSA) is 81.4 Å². The van der Waals surface area contributed by atoms with Crippen molar-refractivity contribution in [2.75, 3.05) is 11.9 Å². The minimum absolute atomic E-state index is 0.0635. The summed E-state index contributed by atoms with van der Waals surface area (Å²) in [4.78, 5) is 23.2. The van der Waals surface area contributed by atoms with E-state index in [1.165, 1.54) is 12.1 Å². The second kappa shape index (κ2) is 7.35. The smallest absolute Gasteiger partial charge is 0.248 e. The first-order valence-corrected chi connectivity index (χ1v) is 7.53. The summed E-state index contributed by atoms with van der Waals surface area (Å²) in [6.07, 6.45) is 3.30. The molecule has 6 heteroatoms. The van der Waals surface area contributed by atoms with Crippen LogP contribution >= 0.6 is 0 Å². The molecule has 1 heterocycles. The van der Waals surface area contributed by atoms with Crippen LogP contribution in [0.15, 0.2) is 18.2 Å². The lowest BCUT2D eigenvalue weighted by Gasteiger charge is -2.28. The van der Waals surface area contributed by atoms with Gasteiger partial charge in [0.05, 0.1) is 11.8 Å². The Morgan fingerprint density at radius 2 is 2.23 bits per heavy atom. The van der Waals surface area contributed by atoms with E-state index in [-0.39, 0.29) is 29.2 Å². The third-order valence-corrected chi connectivity index (χ3v) is 3.86. The van der Waals surface area contributed by atoms with Gasteiger partial charge in [0.2, 0.25) is 11.8 Å². The van der Waals surface area contributed by atoms with Crippen molar-refractivity contribution in [1.29, 1.82) is 0 Å². The van der Waals surface area contributed by atoms with E-state index in [2.05, 4.69) is 12.2 Å². The third kappa shape index (κ3) is 4.04. The molecule has 1 aliphatic rings. The van der Waals surface area contributed by atoms with Crippen LogP contribution in [0.25, 0.3) is 0 Å². The molecular formula is C16H21FN2O3. The maximum Gasteiger partial charge on any atom is 0.248 e. The van der Waals surface area contributed by atoms with Crippen LogP contribution in [0.5, 0.6) is 0 Å². The number of amides is 2. The number of nitrogens with two attached hydrogens (primary N) is 1. The van der Waals surface area contributed by atoms with Crippen LogP contribution in [0.4, 0.5) is 10.1 Å². The Balaban J connectivity index is 2.01. The van der Waals surface area contributed by atoms with Gasteiger partial charge in [-0.3, -0.25) is 9.59 Å². The molecule has 0 aromatic heterocycles. The number of carbonyl (C=O) groups is 2. The van der Waals surface area contributed by atoms with Gasteiger partial charge in [-0.2, -0.15) is 0 Å². The molecule has 2 rings (SSSR count). The number of hydrogen-bond acceptors (Lipinski definition) is 3. The maximum atomic E-state index is 13.9. The lowest BCUT2D eigenvalue weighted by Crippen LogP contribution is -2.33. The number of benzene rings is 1. The highest BCUT2D eigenvalue weighted by atomic mass is 19.1. The fraction of sp³-hybridized carbons (Fsp3) is 0.500. The van der Waals surface area contributed by atoms with Crippen molar-refractivity contribution in [3.63, 3.8) is 0 Å². The second-order valence-electron chi connectivity index (χ2n) is 5.55. The molecule has 0 bridgehead atoms. The molecule has 0 spiro atoms. The van der Waals surface area contributed by atoms with Gasteiger partial charge in [0.1, 0.15) is 5.82 Å². The van der Waals surface area contributed by atoms with Crippen LogP contribution in [0.2, 0.25) is 0 Å². The first-order chi connectivity index (χ1) is 10.5. The summed E-state index contributed by atoms with van der Waals surface area (Å²) in [5.41, 5.74) is 5.22. The predicted molar refractivity (Wildman–Crippen MR) is 80.9 cm³/mol. The Hall–Kier alpha value is -1.95. The lowest BCUT2D eigenvalue weighted by atomic mass is 9.92. The molecule has 1 aromatic rings. The zero-order valence-electron chi connectivity index (χ0n) is 12.6. The molecule has 2 atom stereocenters. The van der Waals surface area contributed by atoms with Gasteiger partial charge in [-0.25, -0.2) is 4.39 Å². The second-order valence-corrected chi connectivity index (χ2v) is 5.55. The number of anilines is 1. The Morgan fingerprint density at radius 1 is 1.45 bits per heavy atom. The van der Waals surface area contributed by atoms with E-state index < -0.39 is 11.7 Å². The van der Waals surface area contributed by atoms with Gasteiger partial charge in [-0.15, -0.1) is 0 Å². The Morgan fingerprint density at radius 3 is 2.86 bits per heavy atom. The summed E-state index contributed by atoms with van der Waals surface area (Å²) in [7, 11) is 0. The lowest BCUT2D eigenvalue weighted by molar-refractivity contribution is -0.125. The number of hydrogen-bond donors (Lipinski definition) is 2. The highest BCUT2D eigenvalue weighted by Crippen LogP contribution is 2.25. The summed E-state index contributed by atoms with van der Waals surface area (Å²) >= 11 is 0. The number of nitrogens with one attached hydrogen (secondary N) is 1. The monoisotopic (exact) mass is 308 g/mol. The van der Waals surface area contributed by atoms with Gasteiger partial charge >= 0.3 is 0 Å². The molecule has 1 aromatic carbocycles. The van der Waals surface area contributed by atoms with E-state index in [0.717, 1.165) is 18.9 Å². The fourth-order valence-electron chi connectivity index (χ4n) is 2.65. The first-order valence-electron chi connectivity index (χ1n) is 7.53. The van der Waals surface area contributed by atoms with Crippen molar-refractivity contribution >= 4 is 17.5 Å². The van der Waals surface area contributed by atoms with E-state index in [4.69, 9.17) is 10.5 Å². The summed E-state index contributed by atoms with van der Waals surface area (Å²) in [5, 5.41) is 2.59. The minimum atomic E-state index is -0.705. The molecule has 0 radical (unpaired) electrons. The highest BCUT2D eigenvalue weighted by molar-refractivity contribution is 5.95. The molecular weight excluding hydrogens is 287 g/mol. The number of halogens is 1. The van der Waals surface area contributed by atoms with E-state index in [1.54, 1.807) is 0 Å². The van der Waals surface area contributed by atoms with E-state index in [0.29, 0.717) is 19.4 Å². The molecule has 5 nitrogen and oxygen atoms in total. The number of carbonyl (C=O) groups excluding carboxylic acids is 2. The average Bonchev–Trinajstić information content (AvgIpc) is 2.49. The average molecular weight is 308 g/mol. The van der Waals surface area contributed by atoms with Gasteiger partial charge in [-0.05, 0) is 37.5 Å². The molecule has 22 heavy (non-hydrogen) atoms. The molecule has 120 valence electrons. The molecule has 0 unspecified atom stereocenters. The SMILES string of the molecule is CCC[C@H]1C[C@H](C(=O)Nc2ccc(C(N)=O)cc2F)CCO1. The van der Waals surface area contributed by atoms with Crippen molar-refractivity contribution in [2.45, 2.75) is 38.7 Å². The van der Waals surface area contributed by atoms with Crippen LogP contribution in [0.1, 0.15) is 43.0 Å². The van der Waals surface area contributed by atoms with E-state index >= 15 is 0 Å². The summed E-state index contributed by atoms with van der Waals surface area (Å²) in [5.74, 6) is -1.76. The van der Waals surface area contributed by atoms with Crippen molar-refractivity contribution in [3.05, 3.63) is 29.6 Å². The summed E-state index contributed by atoms with van der Waals surface area (Å²) in [6, 6.07) is 3.78. The fourth-order valence-corrected chi connectivity index (χ4v) is 2.65. The Labute approximate surface area is 129 Å². The number of ether oxygens (including phenoxy) is 1. The number of primary amides is 1. The van der Waals surface area contributed by atoms with Gasteiger partial charge in [0.25, 0.3) is 0 Å². The molecule has 2 amide bonds. The molecule has 1 aliphatic heterocycles. The predicted octanol–water partition coefficient (Wildman–Crippen LogP) is 2.46. The summed E-state index contributed by atoms with van der Waals surface area (Å²) < 4.78 is 19.5. The van der Waals surface area contributed by atoms with E-state index in [9.17, 15) is 14.0 Å². The van der Waals surface area contributed by atoms with Crippen LogP contribution < -0.4 is 11.1 Å². The maximum absolute atomic E-state index is 13.9. The number of rotatable bonds is 5. The van der Waals surface area contributed by atoms with Gasteiger partial charge in [-0.1, -0.05) is 13.3 Å². The van der Waals surface area contributed by atoms with Crippen molar-refractivity contribution in [3.8, 4) is 0 Å². The minimum Gasteiger partial charge on any atom is -0.378 e. The highest BCUT2D eigenvalue weighted by Gasteiger charge is 2.27. The van der Waals surface area contributed by atoms with Crippen LogP contribution in [0.3, 0.4) is 0 Å². The van der Waals surface area contributed by atoms with Gasteiger partial charge in [0, 0.05) is 18.1 Å². The zero-order chi connectivity index (χ0) is 16.1. The molecule has 3 N–H and O–H groups in total. The van der Waals surface area contributed by atoms with Crippen molar-refractivity contribution in [2.24, 2.45) is 11.7 Å². The quantitative estimate of drug-likeness (QED) is 0.876. The van der Waals surface area contributed by atoms with Crippen molar-refractivity contribution < 1.29 is 18.7 Å². The third-order valence-electron chi connectivity index (χ3n) is 3.86. The van der Waals surface area contributed by atoms with Gasteiger partial charge in [0.15, 0.2) is 0 Å². The molecule has 0 aliphatic carbocycles. The molecule has 0 saturated carbocycles. The largest absolute Gasteiger partial charge is 0.378 e.